The van der Waals surface area contributed by atoms with Crippen LogP contribution in [0.25, 0.3) is 0 Å². The number of nitrogens with one attached hydrogen (secondary N) is 1. The van der Waals surface area contributed by atoms with Gasteiger partial charge in [-0.15, -0.1) is 0 Å². The number of hydrogen-bond donors (Lipinski definition) is 1. The summed E-state index contributed by atoms with van der Waals surface area (Å²) in [6, 6.07) is 12.8. The Bertz CT molecular complexity index is 1040. The number of benzene rings is 2. The van der Waals surface area contributed by atoms with Gasteiger partial charge in [0.1, 0.15) is 17.8 Å². The lowest BCUT2D eigenvalue weighted by atomic mass is 10.2. The Hall–Kier alpha value is -4.21. The number of hydrogen-bond acceptors (Lipinski definition) is 9. The molecule has 1 heterocycles. The summed E-state index contributed by atoms with van der Waals surface area (Å²) in [5, 5.41) is 14.5. The lowest BCUT2D eigenvalue weighted by molar-refractivity contribution is -0.385. The zero-order valence-corrected chi connectivity index (χ0v) is 15.5. The Balaban J connectivity index is 1.93. The van der Waals surface area contributed by atoms with E-state index in [9.17, 15) is 14.9 Å². The fraction of sp³-hybridized carbons (Fsp3) is 0.105. The van der Waals surface area contributed by atoms with E-state index >= 15 is 0 Å². The van der Waals surface area contributed by atoms with Crippen molar-refractivity contribution in [1.29, 1.82) is 0 Å². The van der Waals surface area contributed by atoms with Crippen LogP contribution < -0.4 is 14.8 Å². The molecule has 0 fully saturated rings. The van der Waals surface area contributed by atoms with Crippen LogP contribution in [-0.4, -0.2) is 35.1 Å². The average molecular weight is 396 g/mol. The van der Waals surface area contributed by atoms with Gasteiger partial charge >= 0.3 is 17.5 Å². The molecule has 0 atom stereocenters. The SMILES string of the molecule is COC(=O)c1ccc(Oc2ncnc(Nc3ccccc3OC)c2[N+](=O)[O-])cc1. The third kappa shape index (κ3) is 4.38. The second-order valence-corrected chi connectivity index (χ2v) is 5.58. The summed E-state index contributed by atoms with van der Waals surface area (Å²) in [4.78, 5) is 30.4. The predicted octanol–water partition coefficient (Wildman–Crippen LogP) is 3.72. The normalized spacial score (nSPS) is 10.1. The van der Waals surface area contributed by atoms with Gasteiger partial charge in [-0.05, 0) is 36.4 Å². The summed E-state index contributed by atoms with van der Waals surface area (Å²) < 4.78 is 15.4. The second-order valence-electron chi connectivity index (χ2n) is 5.58. The highest BCUT2D eigenvalue weighted by Crippen LogP contribution is 2.37. The number of nitrogens with zero attached hydrogens (tertiary/aromatic N) is 3. The van der Waals surface area contributed by atoms with E-state index in [0.717, 1.165) is 6.33 Å². The number of ether oxygens (including phenoxy) is 3. The predicted molar refractivity (Wildman–Crippen MR) is 103 cm³/mol. The summed E-state index contributed by atoms with van der Waals surface area (Å²) >= 11 is 0. The van der Waals surface area contributed by atoms with Gasteiger partial charge in [0.05, 0.1) is 30.4 Å². The van der Waals surface area contributed by atoms with Crippen LogP contribution in [0.3, 0.4) is 0 Å². The first-order valence-electron chi connectivity index (χ1n) is 8.29. The molecular weight excluding hydrogens is 380 g/mol. The third-order valence-corrected chi connectivity index (χ3v) is 3.82. The molecule has 148 valence electrons. The molecular formula is C19H16N4O6. The molecule has 0 aliphatic rings. The molecule has 1 N–H and O–H groups in total. The maximum Gasteiger partial charge on any atom is 0.373 e. The Morgan fingerprint density at radius 2 is 1.79 bits per heavy atom. The van der Waals surface area contributed by atoms with Crippen molar-refractivity contribution >= 4 is 23.2 Å². The zero-order valence-electron chi connectivity index (χ0n) is 15.5. The first-order chi connectivity index (χ1) is 14.0. The van der Waals surface area contributed by atoms with E-state index in [0.29, 0.717) is 17.0 Å². The summed E-state index contributed by atoms with van der Waals surface area (Å²) in [6.07, 6.45) is 1.14. The number of methoxy groups -OCH3 is 2. The molecule has 2 aromatic carbocycles. The van der Waals surface area contributed by atoms with E-state index in [4.69, 9.17) is 9.47 Å². The van der Waals surface area contributed by atoms with Crippen LogP contribution in [0.5, 0.6) is 17.4 Å². The molecule has 0 saturated carbocycles. The first kappa shape index (κ1) is 19.5. The molecule has 10 nitrogen and oxygen atoms in total. The van der Waals surface area contributed by atoms with Gasteiger partial charge in [0, 0.05) is 0 Å². The van der Waals surface area contributed by atoms with Crippen molar-refractivity contribution < 1.29 is 23.9 Å². The van der Waals surface area contributed by atoms with Crippen LogP contribution >= 0.6 is 0 Å². The summed E-state index contributed by atoms with van der Waals surface area (Å²) in [6.45, 7) is 0. The van der Waals surface area contributed by atoms with Crippen molar-refractivity contribution in [1.82, 2.24) is 9.97 Å². The van der Waals surface area contributed by atoms with E-state index in [1.165, 1.54) is 38.5 Å². The smallest absolute Gasteiger partial charge is 0.373 e. The Kier molecular flexibility index (Phi) is 5.83. The van der Waals surface area contributed by atoms with E-state index in [1.807, 2.05) is 0 Å². The van der Waals surface area contributed by atoms with Crippen molar-refractivity contribution in [3.63, 3.8) is 0 Å². The largest absolute Gasteiger partial charge is 0.495 e. The van der Waals surface area contributed by atoms with Gasteiger partial charge in [-0.25, -0.2) is 9.78 Å². The first-order valence-corrected chi connectivity index (χ1v) is 8.29. The number of carbonyl (C=O) groups excluding carboxylic acids is 1. The highest BCUT2D eigenvalue weighted by atomic mass is 16.6. The van der Waals surface area contributed by atoms with Gasteiger partial charge < -0.3 is 19.5 Å². The summed E-state index contributed by atoms with van der Waals surface area (Å²) in [7, 11) is 2.76. The van der Waals surface area contributed by atoms with E-state index in [2.05, 4.69) is 20.0 Å². The van der Waals surface area contributed by atoms with Crippen molar-refractivity contribution in [2.75, 3.05) is 19.5 Å². The topological polar surface area (TPSA) is 126 Å². The lowest BCUT2D eigenvalue weighted by Gasteiger charge is -2.12. The number of rotatable bonds is 7. The van der Waals surface area contributed by atoms with Crippen LogP contribution in [0.2, 0.25) is 0 Å². The van der Waals surface area contributed by atoms with Gasteiger partial charge in [-0.2, -0.15) is 4.98 Å². The molecule has 0 unspecified atom stereocenters. The van der Waals surface area contributed by atoms with Gasteiger partial charge in [-0.3, -0.25) is 10.1 Å². The molecule has 0 amide bonds. The molecule has 10 heteroatoms. The van der Waals surface area contributed by atoms with E-state index in [-0.39, 0.29) is 17.4 Å². The minimum Gasteiger partial charge on any atom is -0.495 e. The molecule has 0 aliphatic heterocycles. The molecule has 3 rings (SSSR count). The molecule has 0 saturated heterocycles. The minimum atomic E-state index is -0.643. The number of para-hydroxylation sites is 2. The van der Waals surface area contributed by atoms with Crippen molar-refractivity contribution in [2.24, 2.45) is 0 Å². The molecule has 29 heavy (non-hydrogen) atoms. The van der Waals surface area contributed by atoms with Gasteiger partial charge in [0.25, 0.3) is 0 Å². The Labute approximate surface area is 165 Å². The minimum absolute atomic E-state index is 0.0596. The fourth-order valence-corrected chi connectivity index (χ4v) is 2.46. The zero-order chi connectivity index (χ0) is 20.8. The maximum absolute atomic E-state index is 11.7. The van der Waals surface area contributed by atoms with Crippen LogP contribution in [0.1, 0.15) is 10.4 Å². The number of anilines is 2. The number of nitro groups is 1. The molecule has 1 aromatic heterocycles. The Morgan fingerprint density at radius 1 is 1.07 bits per heavy atom. The highest BCUT2D eigenvalue weighted by Gasteiger charge is 2.26. The Morgan fingerprint density at radius 3 is 2.45 bits per heavy atom. The lowest BCUT2D eigenvalue weighted by Crippen LogP contribution is -2.04. The van der Waals surface area contributed by atoms with Crippen molar-refractivity contribution in [2.45, 2.75) is 0 Å². The van der Waals surface area contributed by atoms with Gasteiger partial charge in [0.2, 0.25) is 5.82 Å². The van der Waals surface area contributed by atoms with Crippen LogP contribution in [0.4, 0.5) is 17.2 Å². The summed E-state index contributed by atoms with van der Waals surface area (Å²) in [5.74, 6) is -0.0827. The van der Waals surface area contributed by atoms with Crippen molar-refractivity contribution in [3.8, 4) is 17.4 Å². The van der Waals surface area contributed by atoms with Crippen LogP contribution in [-0.2, 0) is 4.74 Å². The highest BCUT2D eigenvalue weighted by molar-refractivity contribution is 5.89. The molecule has 0 radical (unpaired) electrons. The third-order valence-electron chi connectivity index (χ3n) is 3.82. The standard InChI is InChI=1S/C19H16N4O6/c1-27-15-6-4-3-5-14(15)22-17-16(23(25)26)18(21-11-20-17)29-13-9-7-12(8-10-13)19(24)28-2/h3-11H,1-2H3,(H,20,21,22). The number of esters is 1. The van der Waals surface area contributed by atoms with Gasteiger partial charge in [0.15, 0.2) is 0 Å². The molecule has 0 aliphatic carbocycles. The molecule has 3 aromatic rings. The van der Waals surface area contributed by atoms with Crippen LogP contribution in [0, 0.1) is 10.1 Å². The second kappa shape index (κ2) is 8.65. The van der Waals surface area contributed by atoms with Crippen molar-refractivity contribution in [3.05, 3.63) is 70.5 Å². The van der Waals surface area contributed by atoms with E-state index < -0.39 is 16.6 Å². The maximum atomic E-state index is 11.7. The average Bonchev–Trinajstić information content (AvgIpc) is 2.74. The quantitative estimate of drug-likeness (QED) is 0.361. The van der Waals surface area contributed by atoms with E-state index in [1.54, 1.807) is 24.3 Å². The molecule has 0 spiro atoms. The van der Waals surface area contributed by atoms with Crippen LogP contribution in [0.15, 0.2) is 54.9 Å². The monoisotopic (exact) mass is 396 g/mol. The van der Waals surface area contributed by atoms with Gasteiger partial charge in [-0.1, -0.05) is 12.1 Å². The molecule has 0 bridgehead atoms. The fourth-order valence-electron chi connectivity index (χ4n) is 2.46. The number of carbonyl (C=O) groups is 1. The summed E-state index contributed by atoms with van der Waals surface area (Å²) in [5.41, 5.74) is 0.358. The number of aromatic nitrogens is 2.